The average Bonchev–Trinajstić information content (AvgIpc) is 2.53. The molecule has 0 aliphatic carbocycles. The van der Waals surface area contributed by atoms with Gasteiger partial charge in [-0.3, -0.25) is 0 Å². The van der Waals surface area contributed by atoms with Gasteiger partial charge < -0.3 is 14.9 Å². The minimum Gasteiger partial charge on any atom is -0.391 e. The molecule has 112 valence electrons. The van der Waals surface area contributed by atoms with Gasteiger partial charge in [-0.05, 0) is 44.5 Å². The van der Waals surface area contributed by atoms with Crippen LogP contribution in [-0.4, -0.2) is 48.8 Å². The minimum atomic E-state index is -0.239. The van der Waals surface area contributed by atoms with Gasteiger partial charge in [0, 0.05) is 25.3 Å². The van der Waals surface area contributed by atoms with Crippen LogP contribution >= 0.6 is 0 Å². The number of likely N-dealkylation sites (tertiary alicyclic amines) is 1. The SMILES string of the molecule is CCC(O)CN(CCN1CCCCC1)c1ccccc1. The summed E-state index contributed by atoms with van der Waals surface area (Å²) in [6, 6.07) is 10.5. The largest absolute Gasteiger partial charge is 0.391 e. The van der Waals surface area contributed by atoms with E-state index in [0.29, 0.717) is 0 Å². The van der Waals surface area contributed by atoms with Crippen molar-refractivity contribution in [3.8, 4) is 0 Å². The number of hydrogen-bond acceptors (Lipinski definition) is 3. The van der Waals surface area contributed by atoms with Crippen LogP contribution in [0, 0.1) is 0 Å². The van der Waals surface area contributed by atoms with Crippen LogP contribution in [-0.2, 0) is 0 Å². The number of aliphatic hydroxyl groups excluding tert-OH is 1. The second kappa shape index (κ2) is 8.28. The molecule has 0 amide bonds. The van der Waals surface area contributed by atoms with E-state index < -0.39 is 0 Å². The van der Waals surface area contributed by atoms with Crippen LogP contribution < -0.4 is 4.90 Å². The van der Waals surface area contributed by atoms with Gasteiger partial charge in [0.25, 0.3) is 0 Å². The molecule has 1 aliphatic heterocycles. The summed E-state index contributed by atoms with van der Waals surface area (Å²) in [6.45, 7) is 7.34. The third-order valence-electron chi connectivity index (χ3n) is 4.16. The third kappa shape index (κ3) is 4.80. The molecular weight excluding hydrogens is 248 g/mol. The van der Waals surface area contributed by atoms with E-state index in [4.69, 9.17) is 0 Å². The molecule has 0 aromatic heterocycles. The van der Waals surface area contributed by atoms with Gasteiger partial charge in [0.2, 0.25) is 0 Å². The van der Waals surface area contributed by atoms with Crippen molar-refractivity contribution in [1.82, 2.24) is 4.90 Å². The fraction of sp³-hybridized carbons (Fsp3) is 0.647. The topological polar surface area (TPSA) is 26.7 Å². The highest BCUT2D eigenvalue weighted by atomic mass is 16.3. The molecule has 20 heavy (non-hydrogen) atoms. The lowest BCUT2D eigenvalue weighted by molar-refractivity contribution is 0.172. The number of benzene rings is 1. The molecule has 1 N–H and O–H groups in total. The molecular formula is C17H28N2O. The molecule has 1 fully saturated rings. The quantitative estimate of drug-likeness (QED) is 0.829. The Labute approximate surface area is 123 Å². The van der Waals surface area contributed by atoms with Crippen molar-refractivity contribution in [2.24, 2.45) is 0 Å². The molecule has 1 aromatic carbocycles. The first-order chi connectivity index (χ1) is 9.79. The maximum absolute atomic E-state index is 9.97. The van der Waals surface area contributed by atoms with Crippen molar-refractivity contribution in [3.63, 3.8) is 0 Å². The molecule has 1 saturated heterocycles. The first-order valence-corrected chi connectivity index (χ1v) is 8.00. The summed E-state index contributed by atoms with van der Waals surface area (Å²) >= 11 is 0. The van der Waals surface area contributed by atoms with Crippen LogP contribution in [0.4, 0.5) is 5.69 Å². The third-order valence-corrected chi connectivity index (χ3v) is 4.16. The second-order valence-electron chi connectivity index (χ2n) is 5.75. The Morgan fingerprint density at radius 3 is 2.50 bits per heavy atom. The van der Waals surface area contributed by atoms with Crippen molar-refractivity contribution in [2.75, 3.05) is 37.6 Å². The monoisotopic (exact) mass is 276 g/mol. The Bertz CT molecular complexity index is 363. The normalized spacial score (nSPS) is 17.9. The fourth-order valence-corrected chi connectivity index (χ4v) is 2.79. The zero-order valence-corrected chi connectivity index (χ0v) is 12.7. The lowest BCUT2D eigenvalue weighted by Crippen LogP contribution is -2.40. The maximum Gasteiger partial charge on any atom is 0.0712 e. The molecule has 0 spiro atoms. The van der Waals surface area contributed by atoms with Gasteiger partial charge in [0.05, 0.1) is 6.10 Å². The molecule has 1 heterocycles. The van der Waals surface area contributed by atoms with E-state index in [-0.39, 0.29) is 6.10 Å². The molecule has 1 unspecified atom stereocenters. The molecule has 1 aromatic rings. The van der Waals surface area contributed by atoms with Gasteiger partial charge in [0.1, 0.15) is 0 Å². The predicted molar refractivity (Wildman–Crippen MR) is 85.2 cm³/mol. The minimum absolute atomic E-state index is 0.239. The van der Waals surface area contributed by atoms with E-state index in [1.807, 2.05) is 13.0 Å². The highest BCUT2D eigenvalue weighted by Crippen LogP contribution is 2.15. The molecule has 3 heteroatoms. The summed E-state index contributed by atoms with van der Waals surface area (Å²) < 4.78 is 0. The van der Waals surface area contributed by atoms with E-state index >= 15 is 0 Å². The van der Waals surface area contributed by atoms with Gasteiger partial charge in [-0.2, -0.15) is 0 Å². The van der Waals surface area contributed by atoms with E-state index in [1.54, 1.807) is 0 Å². The Morgan fingerprint density at radius 1 is 1.15 bits per heavy atom. The smallest absolute Gasteiger partial charge is 0.0712 e. The number of nitrogens with zero attached hydrogens (tertiary/aromatic N) is 2. The zero-order chi connectivity index (χ0) is 14.2. The number of anilines is 1. The van der Waals surface area contributed by atoms with Crippen molar-refractivity contribution in [3.05, 3.63) is 30.3 Å². The number of rotatable bonds is 7. The van der Waals surface area contributed by atoms with Gasteiger partial charge in [-0.15, -0.1) is 0 Å². The zero-order valence-electron chi connectivity index (χ0n) is 12.7. The second-order valence-corrected chi connectivity index (χ2v) is 5.75. The summed E-state index contributed by atoms with van der Waals surface area (Å²) in [5.74, 6) is 0. The maximum atomic E-state index is 9.97. The number of para-hydroxylation sites is 1. The van der Waals surface area contributed by atoms with Gasteiger partial charge in [-0.1, -0.05) is 31.5 Å². The molecule has 2 rings (SSSR count). The van der Waals surface area contributed by atoms with E-state index in [9.17, 15) is 5.11 Å². The summed E-state index contributed by atoms with van der Waals surface area (Å²) in [6.07, 6.45) is 4.63. The molecule has 0 radical (unpaired) electrons. The van der Waals surface area contributed by atoms with Crippen LogP contribution in [0.15, 0.2) is 30.3 Å². The molecule has 0 saturated carbocycles. The summed E-state index contributed by atoms with van der Waals surface area (Å²) in [7, 11) is 0. The predicted octanol–water partition coefficient (Wildman–Crippen LogP) is 2.75. The van der Waals surface area contributed by atoms with Gasteiger partial charge in [0.15, 0.2) is 0 Å². The highest BCUT2D eigenvalue weighted by molar-refractivity contribution is 5.46. The molecule has 3 nitrogen and oxygen atoms in total. The fourth-order valence-electron chi connectivity index (χ4n) is 2.79. The van der Waals surface area contributed by atoms with Crippen LogP contribution in [0.2, 0.25) is 0 Å². The summed E-state index contributed by atoms with van der Waals surface area (Å²) in [4.78, 5) is 4.88. The van der Waals surface area contributed by atoms with E-state index in [1.165, 1.54) is 38.0 Å². The van der Waals surface area contributed by atoms with Crippen molar-refractivity contribution in [2.45, 2.75) is 38.7 Å². The molecule has 1 atom stereocenters. The lowest BCUT2D eigenvalue weighted by atomic mass is 10.1. The highest BCUT2D eigenvalue weighted by Gasteiger charge is 2.14. The summed E-state index contributed by atoms with van der Waals surface area (Å²) in [5.41, 5.74) is 1.22. The number of hydrogen-bond donors (Lipinski definition) is 1. The van der Waals surface area contributed by atoms with Gasteiger partial charge in [-0.25, -0.2) is 0 Å². The Balaban J connectivity index is 1.91. The Kier molecular flexibility index (Phi) is 6.34. The van der Waals surface area contributed by atoms with Crippen LogP contribution in [0.3, 0.4) is 0 Å². The molecule has 1 aliphatic rings. The van der Waals surface area contributed by atoms with Crippen LogP contribution in [0.1, 0.15) is 32.6 Å². The average molecular weight is 276 g/mol. The Hall–Kier alpha value is -1.06. The van der Waals surface area contributed by atoms with Crippen molar-refractivity contribution >= 4 is 5.69 Å². The van der Waals surface area contributed by atoms with Crippen molar-refractivity contribution in [1.29, 1.82) is 0 Å². The summed E-state index contributed by atoms with van der Waals surface area (Å²) in [5, 5.41) is 9.97. The standard InChI is InChI=1S/C17H28N2O/c1-2-17(20)15-19(16-9-5-3-6-10-16)14-13-18-11-7-4-8-12-18/h3,5-6,9-10,17,20H,2,4,7-8,11-15H2,1H3. The van der Waals surface area contributed by atoms with Crippen LogP contribution in [0.25, 0.3) is 0 Å². The first-order valence-electron chi connectivity index (χ1n) is 8.00. The number of aliphatic hydroxyl groups is 1. The first kappa shape index (κ1) is 15.3. The van der Waals surface area contributed by atoms with Crippen LogP contribution in [0.5, 0.6) is 0 Å². The van der Waals surface area contributed by atoms with E-state index in [0.717, 1.165) is 26.1 Å². The van der Waals surface area contributed by atoms with Crippen molar-refractivity contribution < 1.29 is 5.11 Å². The Morgan fingerprint density at radius 2 is 1.85 bits per heavy atom. The van der Waals surface area contributed by atoms with Gasteiger partial charge >= 0.3 is 0 Å². The lowest BCUT2D eigenvalue weighted by Gasteiger charge is -2.32. The molecule has 0 bridgehead atoms. The number of piperidine rings is 1. The van der Waals surface area contributed by atoms with E-state index in [2.05, 4.69) is 34.1 Å².